The first-order valence-electron chi connectivity index (χ1n) is 16.7. The number of carbonyl (C=O) groups excluding carboxylic acids is 4. The van der Waals surface area contributed by atoms with Gasteiger partial charge >= 0.3 is 24.0 Å². The summed E-state index contributed by atoms with van der Waals surface area (Å²) in [7, 11) is -0.994. The lowest BCUT2D eigenvalue weighted by Crippen LogP contribution is -2.44. The highest BCUT2D eigenvalue weighted by Gasteiger charge is 2.38. The van der Waals surface area contributed by atoms with Crippen LogP contribution in [0.2, 0.25) is 18.1 Å². The molecule has 0 aromatic heterocycles. The lowest BCUT2D eigenvalue weighted by atomic mass is 10.2. The van der Waals surface area contributed by atoms with Gasteiger partial charge in [0, 0.05) is 18.6 Å². The smallest absolute Gasteiger partial charge is 0.407 e. The summed E-state index contributed by atoms with van der Waals surface area (Å²) >= 11 is 0. The first-order chi connectivity index (χ1) is 22.8. The second-order valence-electron chi connectivity index (χ2n) is 12.3. The van der Waals surface area contributed by atoms with Crippen molar-refractivity contribution in [3.63, 3.8) is 0 Å². The minimum Gasteiger partial charge on any atom is -0.466 e. The molecule has 0 heterocycles. The van der Waals surface area contributed by atoms with E-state index in [9.17, 15) is 19.2 Å². The van der Waals surface area contributed by atoms with Crippen molar-refractivity contribution in [3.05, 3.63) is 72.9 Å². The van der Waals surface area contributed by atoms with Gasteiger partial charge < -0.3 is 28.7 Å². The maximum Gasteiger partial charge on any atom is 0.407 e. The van der Waals surface area contributed by atoms with E-state index in [1.54, 1.807) is 0 Å². The second-order valence-corrected chi connectivity index (χ2v) is 17.1. The second kappa shape index (κ2) is 27.3. The molecular formula is C37H59NO9Si. The van der Waals surface area contributed by atoms with E-state index in [1.165, 1.54) is 7.11 Å². The first-order valence-corrected chi connectivity index (χ1v) is 19.6. The average molecular weight is 690 g/mol. The van der Waals surface area contributed by atoms with Crippen molar-refractivity contribution >= 4 is 32.3 Å². The Morgan fingerprint density at radius 2 is 1.29 bits per heavy atom. The van der Waals surface area contributed by atoms with Gasteiger partial charge in [0.1, 0.15) is 13.2 Å². The summed E-state index contributed by atoms with van der Waals surface area (Å²) in [5, 5.41) is 2.42. The molecule has 1 atom stereocenters. The summed E-state index contributed by atoms with van der Waals surface area (Å²) in [4.78, 5) is 47.6. The molecule has 11 heteroatoms. The van der Waals surface area contributed by atoms with Crippen LogP contribution in [-0.4, -0.2) is 71.9 Å². The maximum atomic E-state index is 12.2. The van der Waals surface area contributed by atoms with Gasteiger partial charge in [0.2, 0.25) is 0 Å². The SMILES string of the molecule is CC/C=C\C/C=C\C/C=C\C/C=C\C/C=C\CCCC(=O)OCCNC(=O)OCC(CO[Si](C)(C)C(C)(C)C)OC(=O)/C=C/C(=O)OC. The third-order valence-electron chi connectivity index (χ3n) is 7.22. The van der Waals surface area contributed by atoms with Gasteiger partial charge in [0.25, 0.3) is 0 Å². The van der Waals surface area contributed by atoms with Crippen molar-refractivity contribution in [3.8, 4) is 0 Å². The van der Waals surface area contributed by atoms with Crippen LogP contribution in [-0.2, 0) is 37.8 Å². The topological polar surface area (TPSA) is 126 Å². The third kappa shape index (κ3) is 25.4. The van der Waals surface area contributed by atoms with Crippen LogP contribution in [0, 0.1) is 0 Å². The zero-order chi connectivity index (χ0) is 36.1. The number of methoxy groups -OCH3 is 1. The lowest BCUT2D eigenvalue weighted by molar-refractivity contribution is -0.147. The van der Waals surface area contributed by atoms with E-state index >= 15 is 0 Å². The lowest BCUT2D eigenvalue weighted by Gasteiger charge is -2.37. The number of unbranched alkanes of at least 4 members (excludes halogenated alkanes) is 1. The number of amides is 1. The molecule has 0 aromatic rings. The molecule has 0 aromatic carbocycles. The number of allylic oxidation sites excluding steroid dienone is 10. The summed E-state index contributed by atoms with van der Waals surface area (Å²) in [6, 6.07) is 0. The third-order valence-corrected chi connectivity index (χ3v) is 11.7. The zero-order valence-corrected chi connectivity index (χ0v) is 31.2. The van der Waals surface area contributed by atoms with Gasteiger partial charge in [-0.2, -0.15) is 0 Å². The highest BCUT2D eigenvalue weighted by Crippen LogP contribution is 2.36. The van der Waals surface area contributed by atoms with E-state index in [1.807, 2.05) is 13.1 Å². The number of ether oxygens (including phenoxy) is 4. The summed E-state index contributed by atoms with van der Waals surface area (Å²) in [5.74, 6) is -1.85. The molecule has 0 bridgehead atoms. The Balaban J connectivity index is 4.26. The number of nitrogens with one attached hydrogen (secondary N) is 1. The minimum atomic E-state index is -2.18. The minimum absolute atomic E-state index is 0.000818. The molecule has 1 amide bonds. The molecule has 0 spiro atoms. The number of hydrogen-bond donors (Lipinski definition) is 1. The van der Waals surface area contributed by atoms with Gasteiger partial charge in [0.15, 0.2) is 14.4 Å². The molecule has 0 saturated heterocycles. The van der Waals surface area contributed by atoms with Crippen molar-refractivity contribution in [2.24, 2.45) is 0 Å². The van der Waals surface area contributed by atoms with Gasteiger partial charge in [-0.05, 0) is 63.1 Å². The number of carbonyl (C=O) groups is 4. The van der Waals surface area contributed by atoms with Gasteiger partial charge in [-0.3, -0.25) is 4.79 Å². The Labute approximate surface area is 289 Å². The van der Waals surface area contributed by atoms with E-state index in [-0.39, 0.29) is 43.8 Å². The van der Waals surface area contributed by atoms with Crippen LogP contribution in [0.25, 0.3) is 0 Å². The van der Waals surface area contributed by atoms with Gasteiger partial charge in [-0.15, -0.1) is 0 Å². The monoisotopic (exact) mass is 689 g/mol. The van der Waals surface area contributed by atoms with E-state index in [0.717, 1.165) is 50.7 Å². The molecule has 10 nitrogen and oxygen atoms in total. The highest BCUT2D eigenvalue weighted by atomic mass is 28.4. The number of rotatable bonds is 24. The zero-order valence-electron chi connectivity index (χ0n) is 30.2. The molecule has 0 aliphatic heterocycles. The molecule has 0 rings (SSSR count). The Hall–Kier alpha value is -3.70. The van der Waals surface area contributed by atoms with E-state index in [0.29, 0.717) is 6.42 Å². The van der Waals surface area contributed by atoms with Crippen LogP contribution < -0.4 is 5.32 Å². The Bertz CT molecular complexity index is 1110. The van der Waals surface area contributed by atoms with Crippen molar-refractivity contribution in [1.29, 1.82) is 0 Å². The number of esters is 3. The van der Waals surface area contributed by atoms with Crippen LogP contribution in [0.5, 0.6) is 0 Å². The van der Waals surface area contributed by atoms with E-state index in [4.69, 9.17) is 18.6 Å². The first kappa shape index (κ1) is 44.3. The maximum absolute atomic E-state index is 12.2. The summed E-state index contributed by atoms with van der Waals surface area (Å²) in [6.07, 6.45) is 28.2. The summed E-state index contributed by atoms with van der Waals surface area (Å²) in [5.41, 5.74) is 0. The average Bonchev–Trinajstić information content (AvgIpc) is 3.04. The summed E-state index contributed by atoms with van der Waals surface area (Å²) < 4.78 is 26.3. The number of hydrogen-bond acceptors (Lipinski definition) is 9. The van der Waals surface area contributed by atoms with Gasteiger partial charge in [-0.25, -0.2) is 14.4 Å². The predicted molar refractivity (Wildman–Crippen MR) is 193 cm³/mol. The fourth-order valence-electron chi connectivity index (χ4n) is 3.38. The van der Waals surface area contributed by atoms with Crippen molar-refractivity contribution in [2.45, 2.75) is 103 Å². The molecular weight excluding hydrogens is 630 g/mol. The van der Waals surface area contributed by atoms with Crippen LogP contribution >= 0.6 is 0 Å². The fourth-order valence-corrected chi connectivity index (χ4v) is 4.42. The molecule has 270 valence electrons. The largest absolute Gasteiger partial charge is 0.466 e. The van der Waals surface area contributed by atoms with Gasteiger partial charge in [-0.1, -0.05) is 88.5 Å². The standard InChI is InChI=1S/C37H59NO9Si/c1-8-9-10-11-12-13-14-15-16-17-18-19-20-21-22-23-24-25-34(40)44-29-28-38-36(42)45-30-32(31-46-48(6,7)37(2,3)4)47-35(41)27-26-33(39)43-5/h9-10,12-13,15-16,18-19,21-22,26-27,32H,8,11,14,17,20,23-25,28-31H2,1-7H3,(H,38,42)/b10-9-,13-12-,16-15-,19-18-,22-21-,27-26+. The van der Waals surface area contributed by atoms with E-state index in [2.05, 4.69) is 98.5 Å². The Morgan fingerprint density at radius 3 is 1.83 bits per heavy atom. The van der Waals surface area contributed by atoms with Crippen molar-refractivity contribution in [1.82, 2.24) is 5.32 Å². The van der Waals surface area contributed by atoms with Crippen LogP contribution in [0.15, 0.2) is 72.9 Å². The molecule has 1 unspecified atom stereocenters. The van der Waals surface area contributed by atoms with Crippen LogP contribution in [0.4, 0.5) is 4.79 Å². The number of alkyl carbamates (subject to hydrolysis) is 1. The predicted octanol–water partition coefficient (Wildman–Crippen LogP) is 7.84. The molecule has 0 saturated carbocycles. The molecule has 0 aliphatic rings. The molecule has 48 heavy (non-hydrogen) atoms. The van der Waals surface area contributed by atoms with E-state index < -0.39 is 32.5 Å². The molecule has 0 radical (unpaired) electrons. The summed E-state index contributed by atoms with van der Waals surface area (Å²) in [6.45, 7) is 12.2. The quantitative estimate of drug-likeness (QED) is 0.0269. The van der Waals surface area contributed by atoms with Crippen LogP contribution in [0.3, 0.4) is 0 Å². The molecule has 0 fully saturated rings. The Morgan fingerprint density at radius 1 is 0.750 bits per heavy atom. The fraction of sp³-hybridized carbons (Fsp3) is 0.568. The normalized spacial score (nSPS) is 13.3. The van der Waals surface area contributed by atoms with Gasteiger partial charge in [0.05, 0.1) is 20.3 Å². The highest BCUT2D eigenvalue weighted by molar-refractivity contribution is 6.74. The van der Waals surface area contributed by atoms with Crippen molar-refractivity contribution in [2.75, 3.05) is 33.5 Å². The van der Waals surface area contributed by atoms with Crippen LogP contribution in [0.1, 0.15) is 79.1 Å². The molecule has 0 aliphatic carbocycles. The molecule has 1 N–H and O–H groups in total. The Kier molecular flexibility index (Phi) is 25.2. The van der Waals surface area contributed by atoms with Crippen molar-refractivity contribution < 1.29 is 42.6 Å².